The Morgan fingerprint density at radius 3 is 2.63 bits per heavy atom. The number of aliphatic carboxylic acids is 1. The van der Waals surface area contributed by atoms with Crippen molar-refractivity contribution in [2.24, 2.45) is 0 Å². The first-order chi connectivity index (χ1) is 12.9. The van der Waals surface area contributed by atoms with Crippen LogP contribution in [0.4, 0.5) is 4.79 Å². The number of carbonyl (C=O) groups is 3. The normalized spacial score (nSPS) is 15.4. The van der Waals surface area contributed by atoms with Crippen molar-refractivity contribution in [1.29, 1.82) is 0 Å². The highest BCUT2D eigenvalue weighted by Crippen LogP contribution is 2.33. The molecule has 1 saturated heterocycles. The molecule has 0 radical (unpaired) electrons. The van der Waals surface area contributed by atoms with Crippen molar-refractivity contribution in [2.75, 3.05) is 6.61 Å². The van der Waals surface area contributed by atoms with Crippen LogP contribution in [0.2, 0.25) is 0 Å². The molecule has 138 valence electrons. The van der Waals surface area contributed by atoms with Crippen LogP contribution >= 0.6 is 34.4 Å². The average molecular weight is 495 g/mol. The van der Waals surface area contributed by atoms with Crippen molar-refractivity contribution < 1.29 is 24.2 Å². The Bertz CT molecular complexity index is 926. The van der Waals surface area contributed by atoms with Crippen LogP contribution in [-0.4, -0.2) is 33.7 Å². The van der Waals surface area contributed by atoms with E-state index < -0.39 is 12.6 Å². The van der Waals surface area contributed by atoms with Crippen LogP contribution in [0.5, 0.6) is 5.75 Å². The maximum atomic E-state index is 12.6. The summed E-state index contributed by atoms with van der Waals surface area (Å²) in [4.78, 5) is 37.0. The number of halogens is 1. The SMILES string of the molecule is O=C(O)COc1cccc(/C=C2\SC(=O)N(Cc3ccc(I)cc3)C2=O)c1. The lowest BCUT2D eigenvalue weighted by atomic mass is 10.2. The minimum atomic E-state index is -1.07. The first-order valence-corrected chi connectivity index (χ1v) is 9.76. The second-order valence-corrected chi connectivity index (χ2v) is 7.89. The zero-order valence-electron chi connectivity index (χ0n) is 13.9. The van der Waals surface area contributed by atoms with Crippen LogP contribution in [0.15, 0.2) is 53.4 Å². The maximum absolute atomic E-state index is 12.6. The van der Waals surface area contributed by atoms with Crippen molar-refractivity contribution in [1.82, 2.24) is 4.90 Å². The molecule has 6 nitrogen and oxygen atoms in total. The standard InChI is InChI=1S/C19H14INO5S/c20-14-6-4-12(5-7-14)10-21-18(24)16(27-19(21)25)9-13-2-1-3-15(8-13)26-11-17(22)23/h1-9H,10-11H2,(H,22,23)/b16-9-. The van der Waals surface area contributed by atoms with Gasteiger partial charge in [0.25, 0.3) is 11.1 Å². The van der Waals surface area contributed by atoms with Crippen LogP contribution in [0, 0.1) is 3.57 Å². The van der Waals surface area contributed by atoms with E-state index in [1.54, 1.807) is 30.3 Å². The zero-order valence-corrected chi connectivity index (χ0v) is 16.9. The fourth-order valence-corrected chi connectivity index (χ4v) is 3.60. The Morgan fingerprint density at radius 2 is 1.93 bits per heavy atom. The van der Waals surface area contributed by atoms with Gasteiger partial charge in [-0.1, -0.05) is 24.3 Å². The van der Waals surface area contributed by atoms with E-state index in [1.165, 1.54) is 4.90 Å². The zero-order chi connectivity index (χ0) is 19.4. The summed E-state index contributed by atoms with van der Waals surface area (Å²) in [6, 6.07) is 14.3. The van der Waals surface area contributed by atoms with E-state index in [0.29, 0.717) is 16.2 Å². The van der Waals surface area contributed by atoms with Crippen molar-refractivity contribution in [3.63, 3.8) is 0 Å². The minimum Gasteiger partial charge on any atom is -0.482 e. The summed E-state index contributed by atoms with van der Waals surface area (Å²) in [5.74, 6) is -1.04. The number of hydrogen-bond acceptors (Lipinski definition) is 5. The molecule has 2 amide bonds. The van der Waals surface area contributed by atoms with Crippen LogP contribution < -0.4 is 4.74 Å². The Balaban J connectivity index is 1.75. The molecule has 1 aliphatic rings. The van der Waals surface area contributed by atoms with E-state index >= 15 is 0 Å². The molecule has 0 unspecified atom stereocenters. The number of benzene rings is 2. The van der Waals surface area contributed by atoms with Gasteiger partial charge in [0, 0.05) is 3.57 Å². The number of amides is 2. The molecule has 2 aromatic rings. The molecule has 8 heteroatoms. The molecule has 1 fully saturated rings. The number of hydrogen-bond donors (Lipinski definition) is 1. The Morgan fingerprint density at radius 1 is 1.19 bits per heavy atom. The van der Waals surface area contributed by atoms with Gasteiger partial charge in [0.05, 0.1) is 11.4 Å². The highest BCUT2D eigenvalue weighted by atomic mass is 127. The van der Waals surface area contributed by atoms with Gasteiger partial charge in [0.2, 0.25) is 0 Å². The quantitative estimate of drug-likeness (QED) is 0.482. The average Bonchev–Trinajstić information content (AvgIpc) is 2.89. The number of rotatable bonds is 6. The number of nitrogens with zero attached hydrogens (tertiary/aromatic N) is 1. The van der Waals surface area contributed by atoms with Gasteiger partial charge in [-0.25, -0.2) is 4.79 Å². The van der Waals surface area contributed by atoms with Crippen molar-refractivity contribution in [3.05, 3.63) is 68.1 Å². The van der Waals surface area contributed by atoms with Gasteiger partial charge >= 0.3 is 5.97 Å². The number of carboxylic acids is 1. The van der Waals surface area contributed by atoms with Crippen LogP contribution in [0.25, 0.3) is 6.08 Å². The molecular formula is C19H14INO5S. The first kappa shape index (κ1) is 19.4. The number of thioether (sulfide) groups is 1. The van der Waals surface area contributed by atoms with Gasteiger partial charge in [-0.2, -0.15) is 0 Å². The third-order valence-electron chi connectivity index (χ3n) is 3.65. The molecule has 0 aliphatic carbocycles. The molecule has 0 saturated carbocycles. The highest BCUT2D eigenvalue weighted by Gasteiger charge is 2.34. The van der Waals surface area contributed by atoms with E-state index in [1.807, 2.05) is 24.3 Å². The predicted octanol–water partition coefficient (Wildman–Crippen LogP) is 3.99. The monoisotopic (exact) mass is 495 g/mol. The first-order valence-electron chi connectivity index (χ1n) is 7.87. The fraction of sp³-hybridized carbons (Fsp3) is 0.105. The molecule has 0 aromatic heterocycles. The summed E-state index contributed by atoms with van der Waals surface area (Å²) < 4.78 is 6.21. The topological polar surface area (TPSA) is 83.9 Å². The lowest BCUT2D eigenvalue weighted by molar-refractivity contribution is -0.139. The van der Waals surface area contributed by atoms with Gasteiger partial charge in [-0.05, 0) is 75.8 Å². The molecule has 27 heavy (non-hydrogen) atoms. The molecule has 3 rings (SSSR count). The largest absolute Gasteiger partial charge is 0.482 e. The third kappa shape index (κ3) is 5.10. The van der Waals surface area contributed by atoms with E-state index in [9.17, 15) is 14.4 Å². The molecule has 0 bridgehead atoms. The predicted molar refractivity (Wildman–Crippen MR) is 110 cm³/mol. The maximum Gasteiger partial charge on any atom is 0.341 e. The Hall–Kier alpha value is -2.33. The summed E-state index contributed by atoms with van der Waals surface area (Å²) >= 11 is 3.08. The highest BCUT2D eigenvalue weighted by molar-refractivity contribution is 14.1. The van der Waals surface area contributed by atoms with E-state index in [-0.39, 0.29) is 17.7 Å². The second-order valence-electron chi connectivity index (χ2n) is 5.65. The third-order valence-corrected chi connectivity index (χ3v) is 5.27. The molecule has 1 heterocycles. The van der Waals surface area contributed by atoms with E-state index in [0.717, 1.165) is 20.9 Å². The number of ether oxygens (including phenoxy) is 1. The number of carbonyl (C=O) groups excluding carboxylic acids is 2. The summed E-state index contributed by atoms with van der Waals surface area (Å²) in [7, 11) is 0. The Kier molecular flexibility index (Phi) is 6.17. The Labute approximate surface area is 173 Å². The van der Waals surface area contributed by atoms with Crippen LogP contribution in [0.3, 0.4) is 0 Å². The van der Waals surface area contributed by atoms with Gasteiger partial charge < -0.3 is 9.84 Å². The van der Waals surface area contributed by atoms with Gasteiger partial charge in [-0.3, -0.25) is 14.5 Å². The van der Waals surface area contributed by atoms with E-state index in [4.69, 9.17) is 9.84 Å². The minimum absolute atomic E-state index is 0.223. The molecule has 0 spiro atoms. The van der Waals surface area contributed by atoms with Gasteiger partial charge in [-0.15, -0.1) is 0 Å². The summed E-state index contributed by atoms with van der Waals surface area (Å²) in [6.45, 7) is -0.226. The lowest BCUT2D eigenvalue weighted by Crippen LogP contribution is -2.27. The molecular weight excluding hydrogens is 481 g/mol. The summed E-state index contributed by atoms with van der Waals surface area (Å²) in [5, 5.41) is 8.36. The molecule has 1 aliphatic heterocycles. The molecule has 1 N–H and O–H groups in total. The second kappa shape index (κ2) is 8.57. The van der Waals surface area contributed by atoms with Gasteiger partial charge in [0.1, 0.15) is 5.75 Å². The van der Waals surface area contributed by atoms with Crippen LogP contribution in [0.1, 0.15) is 11.1 Å². The molecule has 0 atom stereocenters. The van der Waals surface area contributed by atoms with Crippen molar-refractivity contribution in [2.45, 2.75) is 6.54 Å². The number of imide groups is 1. The smallest absolute Gasteiger partial charge is 0.341 e. The molecule has 2 aromatic carbocycles. The summed E-state index contributed by atoms with van der Waals surface area (Å²) in [5.41, 5.74) is 1.53. The van der Waals surface area contributed by atoms with Crippen LogP contribution in [-0.2, 0) is 16.1 Å². The van der Waals surface area contributed by atoms with Crippen molar-refractivity contribution >= 4 is 57.5 Å². The van der Waals surface area contributed by atoms with E-state index in [2.05, 4.69) is 22.6 Å². The number of carboxylic acid groups (broad SMARTS) is 1. The van der Waals surface area contributed by atoms with Gasteiger partial charge in [0.15, 0.2) is 6.61 Å². The van der Waals surface area contributed by atoms with Crippen molar-refractivity contribution in [3.8, 4) is 5.75 Å². The fourth-order valence-electron chi connectivity index (χ4n) is 2.40. The summed E-state index contributed by atoms with van der Waals surface area (Å²) in [6.07, 6.45) is 1.60. The lowest BCUT2D eigenvalue weighted by Gasteiger charge is -2.12.